The zero-order valence-electron chi connectivity index (χ0n) is 14.4. The van der Waals surface area contributed by atoms with E-state index in [-0.39, 0.29) is 11.5 Å². The van der Waals surface area contributed by atoms with E-state index in [9.17, 15) is 13.6 Å². The van der Waals surface area contributed by atoms with Crippen LogP contribution in [0.1, 0.15) is 0 Å². The number of carbonyl (C=O) groups excluding carboxylic acids is 1. The van der Waals surface area contributed by atoms with Crippen molar-refractivity contribution in [1.29, 1.82) is 0 Å². The van der Waals surface area contributed by atoms with E-state index in [4.69, 9.17) is 9.47 Å². The topological polar surface area (TPSA) is 60.0 Å². The van der Waals surface area contributed by atoms with Crippen molar-refractivity contribution in [2.45, 2.75) is 6.61 Å². The van der Waals surface area contributed by atoms with Gasteiger partial charge in [0.05, 0.1) is 13.7 Å². The van der Waals surface area contributed by atoms with Gasteiger partial charge in [0, 0.05) is 18.8 Å². The first-order valence-electron chi connectivity index (χ1n) is 7.82. The lowest BCUT2D eigenvalue weighted by atomic mass is 10.2. The van der Waals surface area contributed by atoms with Crippen molar-refractivity contribution in [1.82, 2.24) is 4.90 Å². The molecule has 0 fully saturated rings. The number of alkyl halides is 2. The molecule has 2 rings (SSSR count). The number of para-hydroxylation sites is 1. The molecule has 0 aliphatic rings. The van der Waals surface area contributed by atoms with Gasteiger partial charge >= 0.3 is 12.6 Å². The van der Waals surface area contributed by atoms with Crippen LogP contribution in [0.2, 0.25) is 0 Å². The fourth-order valence-corrected chi connectivity index (χ4v) is 2.08. The second-order valence-electron chi connectivity index (χ2n) is 5.26. The van der Waals surface area contributed by atoms with Crippen LogP contribution >= 0.6 is 0 Å². The average Bonchev–Trinajstić information content (AvgIpc) is 2.62. The Morgan fingerprint density at radius 2 is 1.88 bits per heavy atom. The Morgan fingerprint density at radius 1 is 1.15 bits per heavy atom. The number of urea groups is 1. The van der Waals surface area contributed by atoms with Gasteiger partial charge in [-0.2, -0.15) is 8.78 Å². The minimum atomic E-state index is -2.99. The predicted molar refractivity (Wildman–Crippen MR) is 93.2 cm³/mol. The Hall–Kier alpha value is -3.03. The molecule has 2 aromatic carbocycles. The lowest BCUT2D eigenvalue weighted by Gasteiger charge is -2.19. The minimum Gasteiger partial charge on any atom is -0.493 e. The maximum atomic E-state index is 12.5. The quantitative estimate of drug-likeness (QED) is 0.771. The normalized spacial score (nSPS) is 10.3. The summed E-state index contributed by atoms with van der Waals surface area (Å²) in [5.74, 6) is 0.702. The molecule has 0 radical (unpaired) electrons. The number of methoxy groups -OCH3 is 1. The van der Waals surface area contributed by atoms with Crippen molar-refractivity contribution in [3.63, 3.8) is 0 Å². The summed E-state index contributed by atoms with van der Waals surface area (Å²) in [4.78, 5) is 13.6. The molecule has 0 aliphatic heterocycles. The largest absolute Gasteiger partial charge is 0.493 e. The Kier molecular flexibility index (Phi) is 7.02. The number of nitrogens with zero attached hydrogens (tertiary/aromatic N) is 1. The predicted octanol–water partition coefficient (Wildman–Crippen LogP) is 3.84. The lowest BCUT2D eigenvalue weighted by molar-refractivity contribution is -0.0511. The molecule has 2 aromatic rings. The van der Waals surface area contributed by atoms with Gasteiger partial charge in [-0.25, -0.2) is 4.79 Å². The summed E-state index contributed by atoms with van der Waals surface area (Å²) >= 11 is 0. The molecule has 6 nitrogen and oxygen atoms in total. The number of anilines is 1. The summed E-state index contributed by atoms with van der Waals surface area (Å²) in [5, 5.41) is 2.61. The van der Waals surface area contributed by atoms with E-state index in [2.05, 4.69) is 10.1 Å². The van der Waals surface area contributed by atoms with E-state index < -0.39 is 12.6 Å². The van der Waals surface area contributed by atoms with Gasteiger partial charge in [-0.15, -0.1) is 0 Å². The van der Waals surface area contributed by atoms with Gasteiger partial charge < -0.3 is 24.4 Å². The summed E-state index contributed by atoms with van der Waals surface area (Å²) < 4.78 is 39.8. The van der Waals surface area contributed by atoms with E-state index in [1.54, 1.807) is 7.05 Å². The molecule has 0 saturated heterocycles. The summed E-state index contributed by atoms with van der Waals surface area (Å²) in [6.45, 7) is -2.33. The van der Waals surface area contributed by atoms with Crippen molar-refractivity contribution in [3.8, 4) is 17.2 Å². The highest BCUT2D eigenvalue weighted by Gasteiger charge is 2.14. The molecule has 0 aromatic heterocycles. The molecule has 2 amide bonds. The number of amides is 2. The van der Waals surface area contributed by atoms with Crippen LogP contribution in [-0.4, -0.2) is 44.9 Å². The number of rotatable bonds is 8. The Morgan fingerprint density at radius 3 is 2.54 bits per heavy atom. The highest BCUT2D eigenvalue weighted by molar-refractivity contribution is 5.89. The van der Waals surface area contributed by atoms with E-state index in [1.165, 1.54) is 30.2 Å². The molecule has 0 atom stereocenters. The third kappa shape index (κ3) is 5.80. The molecule has 0 unspecified atom stereocenters. The minimum absolute atomic E-state index is 0.146. The zero-order chi connectivity index (χ0) is 18.9. The first-order valence-corrected chi connectivity index (χ1v) is 7.82. The fourth-order valence-electron chi connectivity index (χ4n) is 2.08. The number of benzene rings is 2. The number of ether oxygens (including phenoxy) is 3. The summed E-state index contributed by atoms with van der Waals surface area (Å²) in [7, 11) is 2.94. The highest BCUT2D eigenvalue weighted by atomic mass is 19.3. The molecule has 26 heavy (non-hydrogen) atoms. The average molecular weight is 366 g/mol. The van der Waals surface area contributed by atoms with E-state index in [0.29, 0.717) is 24.6 Å². The molecule has 0 bridgehead atoms. The second kappa shape index (κ2) is 9.45. The molecular formula is C18H20F2N2O4. The van der Waals surface area contributed by atoms with E-state index in [0.717, 1.165) is 0 Å². The lowest BCUT2D eigenvalue weighted by Crippen LogP contribution is -2.34. The molecule has 0 heterocycles. The molecule has 140 valence electrons. The third-order valence-corrected chi connectivity index (χ3v) is 3.42. The Bertz CT molecular complexity index is 714. The molecule has 0 aliphatic carbocycles. The number of carbonyl (C=O) groups is 1. The Balaban J connectivity index is 1.89. The SMILES string of the molecule is COc1ccc(NC(=O)N(C)CCOc2ccccc2)cc1OC(F)F. The van der Waals surface area contributed by atoms with Crippen LogP contribution in [0.4, 0.5) is 19.3 Å². The van der Waals surface area contributed by atoms with Crippen molar-refractivity contribution in [2.24, 2.45) is 0 Å². The second-order valence-corrected chi connectivity index (χ2v) is 5.26. The van der Waals surface area contributed by atoms with Crippen molar-refractivity contribution in [2.75, 3.05) is 32.6 Å². The highest BCUT2D eigenvalue weighted by Crippen LogP contribution is 2.31. The molecule has 0 saturated carbocycles. The van der Waals surface area contributed by atoms with Crippen molar-refractivity contribution >= 4 is 11.7 Å². The van der Waals surface area contributed by atoms with Crippen molar-refractivity contribution < 1.29 is 27.8 Å². The van der Waals surface area contributed by atoms with Gasteiger partial charge in [0.15, 0.2) is 11.5 Å². The molecular weight excluding hydrogens is 346 g/mol. The fraction of sp³-hybridized carbons (Fsp3) is 0.278. The van der Waals surface area contributed by atoms with Crippen LogP contribution in [0.15, 0.2) is 48.5 Å². The standard InChI is InChI=1S/C18H20F2N2O4/c1-22(10-11-25-14-6-4-3-5-7-14)18(23)21-13-8-9-15(24-2)16(12-13)26-17(19)20/h3-9,12,17H,10-11H2,1-2H3,(H,21,23). The number of nitrogens with one attached hydrogen (secondary N) is 1. The van der Waals surface area contributed by atoms with Crippen LogP contribution in [0, 0.1) is 0 Å². The summed E-state index contributed by atoms with van der Waals surface area (Å²) in [6, 6.07) is 13.1. The first kappa shape index (κ1) is 19.3. The number of halogens is 2. The van der Waals surface area contributed by atoms with Gasteiger partial charge in [-0.3, -0.25) is 0 Å². The van der Waals surface area contributed by atoms with Gasteiger partial charge in [0.1, 0.15) is 12.4 Å². The van der Waals surface area contributed by atoms with Gasteiger partial charge in [-0.05, 0) is 24.3 Å². The van der Waals surface area contributed by atoms with E-state index in [1.807, 2.05) is 30.3 Å². The van der Waals surface area contributed by atoms with Crippen LogP contribution in [-0.2, 0) is 0 Å². The number of hydrogen-bond donors (Lipinski definition) is 1. The smallest absolute Gasteiger partial charge is 0.387 e. The number of hydrogen-bond acceptors (Lipinski definition) is 4. The summed E-state index contributed by atoms with van der Waals surface area (Å²) in [6.07, 6.45) is 0. The first-order chi connectivity index (χ1) is 12.5. The van der Waals surface area contributed by atoms with Crippen LogP contribution in [0.25, 0.3) is 0 Å². The maximum absolute atomic E-state index is 12.5. The van der Waals surface area contributed by atoms with Gasteiger partial charge in [0.25, 0.3) is 0 Å². The number of likely N-dealkylation sites (N-methyl/N-ethyl adjacent to an activating group) is 1. The molecule has 0 spiro atoms. The van der Waals surface area contributed by atoms with E-state index >= 15 is 0 Å². The monoisotopic (exact) mass is 366 g/mol. The van der Waals surface area contributed by atoms with Crippen molar-refractivity contribution in [3.05, 3.63) is 48.5 Å². The van der Waals surface area contributed by atoms with Gasteiger partial charge in [-0.1, -0.05) is 18.2 Å². The Labute approximate surface area is 150 Å². The molecule has 8 heteroatoms. The zero-order valence-corrected chi connectivity index (χ0v) is 14.4. The maximum Gasteiger partial charge on any atom is 0.387 e. The summed E-state index contributed by atoms with van der Waals surface area (Å²) in [5.41, 5.74) is 0.308. The van der Waals surface area contributed by atoms with Crippen LogP contribution in [0.3, 0.4) is 0 Å². The molecule has 1 N–H and O–H groups in total. The van der Waals surface area contributed by atoms with Crippen LogP contribution < -0.4 is 19.5 Å². The third-order valence-electron chi connectivity index (χ3n) is 3.42. The van der Waals surface area contributed by atoms with Gasteiger partial charge in [0.2, 0.25) is 0 Å². The van der Waals surface area contributed by atoms with Crippen LogP contribution in [0.5, 0.6) is 17.2 Å².